The van der Waals surface area contributed by atoms with Gasteiger partial charge in [-0.15, -0.1) is 0 Å². The van der Waals surface area contributed by atoms with Gasteiger partial charge in [-0.3, -0.25) is 9.59 Å². The molecule has 0 radical (unpaired) electrons. The number of nitriles is 1. The van der Waals surface area contributed by atoms with Crippen molar-refractivity contribution in [1.82, 2.24) is 0 Å². The number of Topliss-reactive ketones (excluding diaryl/α,β-unsaturated/α-hetero) is 1. The summed E-state index contributed by atoms with van der Waals surface area (Å²) in [5, 5.41) is 9.47. The summed E-state index contributed by atoms with van der Waals surface area (Å²) >= 11 is 0. The summed E-state index contributed by atoms with van der Waals surface area (Å²) in [6, 6.07) is 8.10. The van der Waals surface area contributed by atoms with Crippen molar-refractivity contribution >= 4 is 16.8 Å². The molecule has 2 aromatic rings. The van der Waals surface area contributed by atoms with Gasteiger partial charge in [0.25, 0.3) is 0 Å². The van der Waals surface area contributed by atoms with E-state index in [1.165, 1.54) is 38.2 Å². The third kappa shape index (κ3) is 3.34. The first-order chi connectivity index (χ1) is 11.2. The van der Waals surface area contributed by atoms with E-state index in [4.69, 9.17) is 9.68 Å². The molecule has 0 unspecified atom stereocenters. The van der Waals surface area contributed by atoms with Gasteiger partial charge in [0.1, 0.15) is 6.07 Å². The minimum absolute atomic E-state index is 0.0704. The highest BCUT2D eigenvalue weighted by molar-refractivity contribution is 5.95. The normalized spacial score (nSPS) is 15.4. The number of benzene rings is 1. The van der Waals surface area contributed by atoms with E-state index in [0.29, 0.717) is 17.7 Å². The maximum absolute atomic E-state index is 12.4. The molecule has 0 N–H and O–H groups in total. The van der Waals surface area contributed by atoms with Crippen LogP contribution in [0.3, 0.4) is 0 Å². The summed E-state index contributed by atoms with van der Waals surface area (Å²) in [5.74, 6) is 0.526. The van der Waals surface area contributed by atoms with E-state index < -0.39 is 0 Å². The van der Waals surface area contributed by atoms with E-state index in [1.54, 1.807) is 18.2 Å². The summed E-state index contributed by atoms with van der Waals surface area (Å²) in [5.41, 5.74) is 0.217. The molecule has 0 amide bonds. The molecule has 0 atom stereocenters. The summed E-state index contributed by atoms with van der Waals surface area (Å²) in [6.45, 7) is 0. The molecule has 0 aliphatic heterocycles. The third-order valence-electron chi connectivity index (χ3n) is 4.65. The fraction of sp³-hybridized carbons (Fsp3) is 0.421. The van der Waals surface area contributed by atoms with E-state index in [0.717, 1.165) is 6.42 Å². The van der Waals surface area contributed by atoms with E-state index in [9.17, 15) is 9.59 Å². The van der Waals surface area contributed by atoms with Gasteiger partial charge < -0.3 is 4.42 Å². The maximum Gasteiger partial charge on any atom is 0.198 e. The highest BCUT2D eigenvalue weighted by Gasteiger charge is 2.18. The summed E-state index contributed by atoms with van der Waals surface area (Å²) < 4.78 is 5.59. The fourth-order valence-electron chi connectivity index (χ4n) is 3.34. The number of fused-ring (bicyclic) bond motifs is 1. The van der Waals surface area contributed by atoms with Crippen molar-refractivity contribution in [3.8, 4) is 6.07 Å². The molecule has 1 aromatic heterocycles. The number of ketones is 1. The first-order valence-corrected chi connectivity index (χ1v) is 8.19. The Kier molecular flexibility index (Phi) is 4.57. The van der Waals surface area contributed by atoms with Crippen LogP contribution in [-0.4, -0.2) is 5.78 Å². The lowest BCUT2D eigenvalue weighted by Crippen LogP contribution is -2.11. The first kappa shape index (κ1) is 15.5. The fourth-order valence-corrected chi connectivity index (χ4v) is 3.34. The predicted molar refractivity (Wildman–Crippen MR) is 87.3 cm³/mol. The minimum Gasteiger partial charge on any atom is -0.451 e. The Morgan fingerprint density at radius 1 is 1.26 bits per heavy atom. The molecule has 1 aliphatic carbocycles. The largest absolute Gasteiger partial charge is 0.451 e. The van der Waals surface area contributed by atoms with E-state index in [-0.39, 0.29) is 28.1 Å². The van der Waals surface area contributed by atoms with Crippen molar-refractivity contribution in [2.45, 2.75) is 44.9 Å². The van der Waals surface area contributed by atoms with Crippen LogP contribution in [0.4, 0.5) is 0 Å². The Labute approximate surface area is 134 Å². The number of hydrogen-bond donors (Lipinski definition) is 0. The molecule has 3 rings (SSSR count). The van der Waals surface area contributed by atoms with Gasteiger partial charge in [-0.2, -0.15) is 5.26 Å². The van der Waals surface area contributed by atoms with Crippen LogP contribution in [0.5, 0.6) is 0 Å². The van der Waals surface area contributed by atoms with Crippen LogP contribution in [0.2, 0.25) is 0 Å². The molecule has 1 saturated carbocycles. The van der Waals surface area contributed by atoms with Crippen LogP contribution in [0.1, 0.15) is 61.1 Å². The van der Waals surface area contributed by atoms with Crippen LogP contribution in [0, 0.1) is 17.2 Å². The molecule has 1 heterocycles. The smallest absolute Gasteiger partial charge is 0.198 e. The molecule has 0 bridgehead atoms. The monoisotopic (exact) mass is 309 g/mol. The van der Waals surface area contributed by atoms with Crippen molar-refractivity contribution in [3.05, 3.63) is 45.8 Å². The standard InChI is InChI=1S/C19H19NO3/c20-12-14-7-4-8-15-17(22)11-18(23-19(14)15)16(21)10-9-13-5-2-1-3-6-13/h4,7-8,11,13H,1-3,5-6,9-10H2. The van der Waals surface area contributed by atoms with Crippen molar-refractivity contribution in [1.29, 1.82) is 5.26 Å². The maximum atomic E-state index is 12.4. The highest BCUT2D eigenvalue weighted by Crippen LogP contribution is 2.28. The lowest BCUT2D eigenvalue weighted by molar-refractivity contribution is 0.0943. The second-order valence-corrected chi connectivity index (χ2v) is 6.23. The van der Waals surface area contributed by atoms with Crippen molar-refractivity contribution in [2.24, 2.45) is 5.92 Å². The molecule has 4 heteroatoms. The van der Waals surface area contributed by atoms with Gasteiger partial charge in [-0.1, -0.05) is 38.2 Å². The van der Waals surface area contributed by atoms with Crippen LogP contribution < -0.4 is 5.43 Å². The molecular formula is C19H19NO3. The average molecular weight is 309 g/mol. The SMILES string of the molecule is N#Cc1cccc2c(=O)cc(C(=O)CCC3CCCCC3)oc12. The number of hydrogen-bond acceptors (Lipinski definition) is 4. The minimum atomic E-state index is -0.274. The van der Waals surface area contributed by atoms with Gasteiger partial charge >= 0.3 is 0 Å². The van der Waals surface area contributed by atoms with Crippen LogP contribution in [0.25, 0.3) is 11.0 Å². The molecule has 0 saturated heterocycles. The Balaban J connectivity index is 1.83. The van der Waals surface area contributed by atoms with E-state index >= 15 is 0 Å². The molecule has 4 nitrogen and oxygen atoms in total. The van der Waals surface area contributed by atoms with Crippen LogP contribution >= 0.6 is 0 Å². The first-order valence-electron chi connectivity index (χ1n) is 8.19. The number of para-hydroxylation sites is 1. The zero-order chi connectivity index (χ0) is 16.2. The summed E-state index contributed by atoms with van der Waals surface area (Å²) in [6.07, 6.45) is 7.40. The lowest BCUT2D eigenvalue weighted by Gasteiger charge is -2.20. The van der Waals surface area contributed by atoms with Crippen molar-refractivity contribution in [3.63, 3.8) is 0 Å². The van der Waals surface area contributed by atoms with E-state index in [1.807, 2.05) is 6.07 Å². The van der Waals surface area contributed by atoms with Gasteiger partial charge in [-0.05, 0) is 24.5 Å². The van der Waals surface area contributed by atoms with Gasteiger partial charge in [0, 0.05) is 12.5 Å². The number of carbonyl (C=O) groups excluding carboxylic acids is 1. The van der Waals surface area contributed by atoms with Gasteiger partial charge in [0.2, 0.25) is 0 Å². The topological polar surface area (TPSA) is 71.1 Å². The highest BCUT2D eigenvalue weighted by atomic mass is 16.3. The van der Waals surface area contributed by atoms with Crippen molar-refractivity contribution < 1.29 is 9.21 Å². The zero-order valence-corrected chi connectivity index (χ0v) is 13.0. The third-order valence-corrected chi connectivity index (χ3v) is 4.65. The predicted octanol–water partition coefficient (Wildman–Crippen LogP) is 4.21. The van der Waals surface area contributed by atoms with Gasteiger partial charge in [-0.25, -0.2) is 0 Å². The molecule has 118 valence electrons. The number of nitrogens with zero attached hydrogens (tertiary/aromatic N) is 1. The van der Waals surface area contributed by atoms with Gasteiger partial charge in [0.15, 0.2) is 22.6 Å². The lowest BCUT2D eigenvalue weighted by atomic mass is 9.85. The average Bonchev–Trinajstić information content (AvgIpc) is 2.60. The van der Waals surface area contributed by atoms with Crippen LogP contribution in [0.15, 0.2) is 33.5 Å². The molecular weight excluding hydrogens is 290 g/mol. The van der Waals surface area contributed by atoms with E-state index in [2.05, 4.69) is 0 Å². The number of rotatable bonds is 4. The van der Waals surface area contributed by atoms with Crippen LogP contribution in [-0.2, 0) is 0 Å². The molecule has 23 heavy (non-hydrogen) atoms. The molecule has 1 aromatic carbocycles. The second-order valence-electron chi connectivity index (χ2n) is 6.23. The Bertz CT molecular complexity index is 823. The number of carbonyl (C=O) groups is 1. The molecule has 0 spiro atoms. The summed E-state index contributed by atoms with van der Waals surface area (Å²) in [7, 11) is 0. The molecule has 1 fully saturated rings. The Hall–Kier alpha value is -2.41. The Morgan fingerprint density at radius 3 is 2.78 bits per heavy atom. The van der Waals surface area contributed by atoms with Crippen molar-refractivity contribution in [2.75, 3.05) is 0 Å². The van der Waals surface area contributed by atoms with Gasteiger partial charge in [0.05, 0.1) is 10.9 Å². The second kappa shape index (κ2) is 6.78. The quantitative estimate of drug-likeness (QED) is 0.793. The Morgan fingerprint density at radius 2 is 2.04 bits per heavy atom. The molecule has 1 aliphatic rings. The zero-order valence-electron chi connectivity index (χ0n) is 13.0. The summed E-state index contributed by atoms with van der Waals surface area (Å²) in [4.78, 5) is 24.5.